The van der Waals surface area contributed by atoms with E-state index in [4.69, 9.17) is 10.1 Å². The molecule has 0 aliphatic heterocycles. The highest BCUT2D eigenvalue weighted by atomic mass is 19.1. The molecule has 0 saturated heterocycles. The Morgan fingerprint density at radius 1 is 1.44 bits per heavy atom. The maximum absolute atomic E-state index is 13.3. The van der Waals surface area contributed by atoms with Crippen molar-refractivity contribution in [1.82, 2.24) is 0 Å². The first kappa shape index (κ1) is 14.0. The zero-order valence-electron chi connectivity index (χ0n) is 9.71. The fraction of sp³-hybridized carbons (Fsp3) is 0.231. The van der Waals surface area contributed by atoms with Crippen LogP contribution < -0.4 is 0 Å². The van der Waals surface area contributed by atoms with E-state index < -0.39 is 17.6 Å². The van der Waals surface area contributed by atoms with Crippen LogP contribution in [0.5, 0.6) is 0 Å². The first-order valence-corrected chi connectivity index (χ1v) is 5.29. The van der Waals surface area contributed by atoms with Gasteiger partial charge < -0.3 is 10.1 Å². The predicted octanol–water partition coefficient (Wildman–Crippen LogP) is 2.65. The summed E-state index contributed by atoms with van der Waals surface area (Å²) in [5.41, 5.74) is 0.187. The Kier molecular flexibility index (Phi) is 5.17. The lowest BCUT2D eigenvalue weighted by molar-refractivity contribution is -0.140. The zero-order valence-corrected chi connectivity index (χ0v) is 9.71. The van der Waals surface area contributed by atoms with E-state index in [0.29, 0.717) is 0 Å². The topological polar surface area (TPSA) is 50.2 Å². The second-order valence-corrected chi connectivity index (χ2v) is 3.66. The second kappa shape index (κ2) is 6.64. The van der Waals surface area contributed by atoms with Crippen molar-refractivity contribution >= 4 is 11.7 Å². The minimum absolute atomic E-state index is 0.00886. The smallest absolute Gasteiger partial charge is 0.311 e. The molecule has 1 rings (SSSR count). The third kappa shape index (κ3) is 4.45. The van der Waals surface area contributed by atoms with Gasteiger partial charge in [0.2, 0.25) is 0 Å². The molecule has 0 unspecified atom stereocenters. The van der Waals surface area contributed by atoms with Gasteiger partial charge in [-0.3, -0.25) is 4.79 Å². The van der Waals surface area contributed by atoms with Crippen LogP contribution in [0.2, 0.25) is 0 Å². The van der Waals surface area contributed by atoms with Crippen LogP contribution in [0.1, 0.15) is 12.0 Å². The highest BCUT2D eigenvalue weighted by Gasteiger charge is 2.11. The van der Waals surface area contributed by atoms with Gasteiger partial charge in [0, 0.05) is 18.2 Å². The average Bonchev–Trinajstić information content (AvgIpc) is 2.30. The fourth-order valence-corrected chi connectivity index (χ4v) is 1.33. The Balaban J connectivity index is 2.54. The minimum atomic E-state index is -0.723. The van der Waals surface area contributed by atoms with Crippen molar-refractivity contribution in [3.8, 4) is 0 Å². The van der Waals surface area contributed by atoms with Crippen LogP contribution in [0.15, 0.2) is 30.9 Å². The Morgan fingerprint density at radius 2 is 2.17 bits per heavy atom. The molecule has 1 aromatic carbocycles. The van der Waals surface area contributed by atoms with Crippen LogP contribution in [0.4, 0.5) is 8.78 Å². The molecule has 0 amide bonds. The van der Waals surface area contributed by atoms with Crippen molar-refractivity contribution in [3.05, 3.63) is 48.1 Å². The summed E-state index contributed by atoms with van der Waals surface area (Å²) in [6.45, 7) is 3.46. The van der Waals surface area contributed by atoms with Crippen LogP contribution in [0.3, 0.4) is 0 Å². The minimum Gasteiger partial charge on any atom is -0.461 e. The normalized spacial score (nSPS) is 9.89. The number of esters is 1. The molecule has 0 aliphatic carbocycles. The Bertz CT molecular complexity index is 472. The molecule has 96 valence electrons. The molecule has 0 heterocycles. The van der Waals surface area contributed by atoms with E-state index >= 15 is 0 Å². The summed E-state index contributed by atoms with van der Waals surface area (Å²) >= 11 is 0. The van der Waals surface area contributed by atoms with Gasteiger partial charge in [-0.05, 0) is 11.6 Å². The lowest BCUT2D eigenvalue weighted by Gasteiger charge is -2.05. The summed E-state index contributed by atoms with van der Waals surface area (Å²) in [6, 6.07) is 3.12. The SMILES string of the molecule is C=CCOC(=O)CC(=N)Cc1ccc(F)cc1F. The highest BCUT2D eigenvalue weighted by Crippen LogP contribution is 2.11. The van der Waals surface area contributed by atoms with Gasteiger partial charge in [-0.1, -0.05) is 18.7 Å². The molecule has 0 aromatic heterocycles. The molecule has 0 saturated carbocycles. The maximum Gasteiger partial charge on any atom is 0.311 e. The number of benzene rings is 1. The van der Waals surface area contributed by atoms with Gasteiger partial charge >= 0.3 is 5.97 Å². The highest BCUT2D eigenvalue weighted by molar-refractivity contribution is 5.98. The number of rotatable bonds is 6. The first-order chi connectivity index (χ1) is 8.52. The summed E-state index contributed by atoms with van der Waals surface area (Å²) in [6.07, 6.45) is 1.15. The second-order valence-electron chi connectivity index (χ2n) is 3.66. The molecule has 18 heavy (non-hydrogen) atoms. The van der Waals surface area contributed by atoms with E-state index in [1.54, 1.807) is 0 Å². The number of halogens is 2. The maximum atomic E-state index is 13.3. The number of carbonyl (C=O) groups excluding carboxylic acids is 1. The van der Waals surface area contributed by atoms with E-state index in [-0.39, 0.29) is 30.7 Å². The van der Waals surface area contributed by atoms with Crippen molar-refractivity contribution in [3.63, 3.8) is 0 Å². The molecule has 0 atom stereocenters. The third-order valence-corrected chi connectivity index (χ3v) is 2.14. The quantitative estimate of drug-likeness (QED) is 0.481. The largest absolute Gasteiger partial charge is 0.461 e. The van der Waals surface area contributed by atoms with E-state index in [0.717, 1.165) is 12.1 Å². The summed E-state index contributed by atoms with van der Waals surface area (Å²) < 4.78 is 30.6. The molecule has 1 aromatic rings. The molecule has 0 bridgehead atoms. The molecule has 5 heteroatoms. The molecule has 1 N–H and O–H groups in total. The van der Waals surface area contributed by atoms with Crippen molar-refractivity contribution < 1.29 is 18.3 Å². The summed E-state index contributed by atoms with van der Waals surface area (Å²) in [5.74, 6) is -1.96. The zero-order chi connectivity index (χ0) is 13.5. The first-order valence-electron chi connectivity index (χ1n) is 5.29. The van der Waals surface area contributed by atoms with Crippen LogP contribution in [0.25, 0.3) is 0 Å². The summed E-state index contributed by atoms with van der Waals surface area (Å²) in [7, 11) is 0. The summed E-state index contributed by atoms with van der Waals surface area (Å²) in [5, 5.41) is 7.56. The van der Waals surface area contributed by atoms with E-state index in [1.165, 1.54) is 12.1 Å². The van der Waals surface area contributed by atoms with Crippen molar-refractivity contribution in [1.29, 1.82) is 5.41 Å². The molecule has 0 aliphatic rings. The fourth-order valence-electron chi connectivity index (χ4n) is 1.33. The molecular weight excluding hydrogens is 240 g/mol. The molecule has 3 nitrogen and oxygen atoms in total. The standard InChI is InChI=1S/C13H13F2NO2/c1-2-5-18-13(17)8-11(16)6-9-3-4-10(14)7-12(9)15/h2-4,7,16H,1,5-6,8H2. The van der Waals surface area contributed by atoms with Crippen molar-refractivity contribution in [2.24, 2.45) is 0 Å². The monoisotopic (exact) mass is 253 g/mol. The number of nitrogens with one attached hydrogen (secondary N) is 1. The van der Waals surface area contributed by atoms with Crippen molar-refractivity contribution in [2.45, 2.75) is 12.8 Å². The van der Waals surface area contributed by atoms with Gasteiger partial charge in [0.15, 0.2) is 0 Å². The Morgan fingerprint density at radius 3 is 2.78 bits per heavy atom. The van der Waals surface area contributed by atoms with Crippen LogP contribution in [-0.4, -0.2) is 18.3 Å². The van der Waals surface area contributed by atoms with Crippen molar-refractivity contribution in [2.75, 3.05) is 6.61 Å². The lowest BCUT2D eigenvalue weighted by atomic mass is 10.1. The number of hydrogen-bond acceptors (Lipinski definition) is 3. The van der Waals surface area contributed by atoms with Crippen LogP contribution in [0, 0.1) is 17.0 Å². The molecular formula is C13H13F2NO2. The number of ether oxygens (including phenoxy) is 1. The molecule has 0 radical (unpaired) electrons. The third-order valence-electron chi connectivity index (χ3n) is 2.14. The van der Waals surface area contributed by atoms with Crippen LogP contribution in [-0.2, 0) is 16.0 Å². The summed E-state index contributed by atoms with van der Waals surface area (Å²) in [4.78, 5) is 11.2. The van der Waals surface area contributed by atoms with Gasteiger partial charge in [0.05, 0.1) is 6.42 Å². The average molecular weight is 253 g/mol. The molecule has 0 spiro atoms. The Hall–Kier alpha value is -2.04. The van der Waals surface area contributed by atoms with Gasteiger partial charge in [-0.25, -0.2) is 8.78 Å². The van der Waals surface area contributed by atoms with Crippen LogP contribution >= 0.6 is 0 Å². The van der Waals surface area contributed by atoms with E-state index in [1.807, 2.05) is 0 Å². The Labute approximate surface area is 104 Å². The van der Waals surface area contributed by atoms with Gasteiger partial charge in [-0.15, -0.1) is 0 Å². The van der Waals surface area contributed by atoms with E-state index in [2.05, 4.69) is 6.58 Å². The number of carbonyl (C=O) groups is 1. The van der Waals surface area contributed by atoms with Gasteiger partial charge in [0.25, 0.3) is 0 Å². The lowest BCUT2D eigenvalue weighted by Crippen LogP contribution is -2.13. The molecule has 0 fully saturated rings. The van der Waals surface area contributed by atoms with Gasteiger partial charge in [-0.2, -0.15) is 0 Å². The van der Waals surface area contributed by atoms with Gasteiger partial charge in [0.1, 0.15) is 18.2 Å². The number of hydrogen-bond donors (Lipinski definition) is 1. The van der Waals surface area contributed by atoms with E-state index in [9.17, 15) is 13.6 Å². The predicted molar refractivity (Wildman–Crippen MR) is 63.6 cm³/mol.